The van der Waals surface area contributed by atoms with Crippen molar-refractivity contribution < 1.29 is 9.42 Å². The van der Waals surface area contributed by atoms with Crippen LogP contribution in [0.2, 0.25) is 0 Å². The summed E-state index contributed by atoms with van der Waals surface area (Å²) in [7, 11) is 0. The number of nitrogens with zero attached hydrogens (tertiary/aromatic N) is 2. The minimum atomic E-state index is -2.96. The standard InChI is InChI=1S/C2H4N3O2PS2/c6-8(9,10)7-2-3-1-4-5-2/h1H,(H,3,4,5)(H2,6,9,10). The number of thiol groups is 1. The van der Waals surface area contributed by atoms with Crippen LogP contribution in [-0.4, -0.2) is 20.1 Å². The Labute approximate surface area is 67.2 Å². The molecule has 5 nitrogen and oxygen atoms in total. The van der Waals surface area contributed by atoms with Crippen molar-refractivity contribution in [3.05, 3.63) is 6.33 Å². The van der Waals surface area contributed by atoms with Crippen LogP contribution >= 0.6 is 17.9 Å². The number of aromatic amines is 1. The Morgan fingerprint density at radius 1 is 1.90 bits per heavy atom. The van der Waals surface area contributed by atoms with Gasteiger partial charge in [0.15, 0.2) is 0 Å². The van der Waals surface area contributed by atoms with Gasteiger partial charge in [0.1, 0.15) is 6.33 Å². The van der Waals surface area contributed by atoms with Crippen LogP contribution in [0.5, 0.6) is 6.01 Å². The molecule has 10 heavy (non-hydrogen) atoms. The lowest BCUT2D eigenvalue weighted by molar-refractivity contribution is 0.480. The molecule has 1 atom stereocenters. The van der Waals surface area contributed by atoms with E-state index in [0.717, 1.165) is 0 Å². The quantitative estimate of drug-likeness (QED) is 0.470. The molecule has 2 N–H and O–H groups in total. The predicted molar refractivity (Wildman–Crippen MR) is 42.5 cm³/mol. The summed E-state index contributed by atoms with van der Waals surface area (Å²) in [5.74, 6) is 0. The molecule has 0 saturated heterocycles. The first-order valence-electron chi connectivity index (χ1n) is 2.18. The molecule has 0 aliphatic rings. The first kappa shape index (κ1) is 8.00. The fraction of sp³-hybridized carbons (Fsp3) is 0. The highest BCUT2D eigenvalue weighted by Crippen LogP contribution is 2.46. The zero-order valence-corrected chi connectivity index (χ0v) is 7.24. The molecule has 8 heteroatoms. The van der Waals surface area contributed by atoms with Gasteiger partial charge in [0.05, 0.1) is 0 Å². The van der Waals surface area contributed by atoms with Gasteiger partial charge in [0.25, 0.3) is 5.69 Å². The van der Waals surface area contributed by atoms with Crippen LogP contribution < -0.4 is 4.52 Å². The molecule has 0 amide bonds. The Morgan fingerprint density at radius 3 is 3.00 bits per heavy atom. The van der Waals surface area contributed by atoms with Crippen LogP contribution in [0.4, 0.5) is 0 Å². The third kappa shape index (κ3) is 2.66. The van der Waals surface area contributed by atoms with Crippen molar-refractivity contribution in [1.29, 1.82) is 0 Å². The summed E-state index contributed by atoms with van der Waals surface area (Å²) in [5.41, 5.74) is -2.96. The van der Waals surface area contributed by atoms with E-state index in [-0.39, 0.29) is 6.01 Å². The van der Waals surface area contributed by atoms with E-state index in [1.165, 1.54) is 6.33 Å². The average Bonchev–Trinajstić information content (AvgIpc) is 2.12. The van der Waals surface area contributed by atoms with Crippen LogP contribution in [0.15, 0.2) is 6.33 Å². The van der Waals surface area contributed by atoms with Crippen LogP contribution in [0.25, 0.3) is 0 Å². The van der Waals surface area contributed by atoms with E-state index in [1.807, 2.05) is 0 Å². The van der Waals surface area contributed by atoms with E-state index in [1.54, 1.807) is 0 Å². The Balaban J connectivity index is 2.66. The second kappa shape index (κ2) is 2.87. The second-order valence-electron chi connectivity index (χ2n) is 1.37. The predicted octanol–water partition coefficient (Wildman–Crippen LogP) is 0.330. The lowest BCUT2D eigenvalue weighted by Crippen LogP contribution is -1.86. The number of hydrogen-bond acceptors (Lipinski definition) is 4. The molecule has 1 aromatic heterocycles. The largest absolute Gasteiger partial charge is 0.402 e. The van der Waals surface area contributed by atoms with Crippen LogP contribution in [0.1, 0.15) is 0 Å². The van der Waals surface area contributed by atoms with Crippen molar-refractivity contribution in [2.45, 2.75) is 0 Å². The average molecular weight is 197 g/mol. The Kier molecular flexibility index (Phi) is 2.30. The SMILES string of the molecule is OP(=S)(S)Oc1ncn[nH]1. The highest BCUT2D eigenvalue weighted by Gasteiger charge is 2.09. The number of H-pyrrole nitrogens is 1. The molecule has 0 fully saturated rings. The van der Waals surface area contributed by atoms with Gasteiger partial charge in [-0.2, -0.15) is 10.1 Å². The van der Waals surface area contributed by atoms with Gasteiger partial charge in [-0.1, -0.05) is 12.2 Å². The Morgan fingerprint density at radius 2 is 2.60 bits per heavy atom. The zero-order chi connectivity index (χ0) is 7.61. The van der Waals surface area contributed by atoms with E-state index in [2.05, 4.69) is 43.8 Å². The first-order valence-corrected chi connectivity index (χ1v) is 6.01. The van der Waals surface area contributed by atoms with Crippen molar-refractivity contribution in [1.82, 2.24) is 15.2 Å². The molecule has 0 spiro atoms. The molecular formula is C2H4N3O2PS2. The molecule has 0 saturated carbocycles. The molecule has 0 aliphatic carbocycles. The van der Waals surface area contributed by atoms with E-state index < -0.39 is 5.69 Å². The number of rotatable bonds is 2. The lowest BCUT2D eigenvalue weighted by atomic mass is 11.2. The van der Waals surface area contributed by atoms with Crippen molar-refractivity contribution >= 4 is 29.7 Å². The monoisotopic (exact) mass is 197 g/mol. The van der Waals surface area contributed by atoms with Gasteiger partial charge in [-0.15, -0.1) is 0 Å². The van der Waals surface area contributed by atoms with Crippen molar-refractivity contribution in [3.8, 4) is 6.01 Å². The molecule has 0 bridgehead atoms. The van der Waals surface area contributed by atoms with E-state index in [9.17, 15) is 0 Å². The van der Waals surface area contributed by atoms with E-state index >= 15 is 0 Å². The van der Waals surface area contributed by atoms with E-state index in [4.69, 9.17) is 4.89 Å². The third-order valence-corrected chi connectivity index (χ3v) is 1.48. The molecule has 1 aromatic rings. The Bertz CT molecular complexity index is 243. The summed E-state index contributed by atoms with van der Waals surface area (Å²) < 4.78 is 4.66. The van der Waals surface area contributed by atoms with Gasteiger partial charge in [-0.25, -0.2) is 5.10 Å². The topological polar surface area (TPSA) is 71.0 Å². The second-order valence-corrected chi connectivity index (χ2v) is 6.46. The minimum absolute atomic E-state index is 0.0841. The highest BCUT2D eigenvalue weighted by molar-refractivity contribution is 8.59. The van der Waals surface area contributed by atoms with Crippen molar-refractivity contribution in [2.24, 2.45) is 0 Å². The molecule has 1 rings (SSSR count). The summed E-state index contributed by atoms with van der Waals surface area (Å²) in [6, 6.07) is 0.0841. The molecule has 1 unspecified atom stereocenters. The van der Waals surface area contributed by atoms with Crippen molar-refractivity contribution in [2.75, 3.05) is 0 Å². The summed E-state index contributed by atoms with van der Waals surface area (Å²) in [6.07, 6.45) is 1.24. The number of nitrogens with one attached hydrogen (secondary N) is 1. The normalized spacial score (nSPS) is 16.2. The van der Waals surface area contributed by atoms with Gasteiger partial charge < -0.3 is 9.42 Å². The van der Waals surface area contributed by atoms with Gasteiger partial charge in [-0.05, 0) is 11.8 Å². The maximum Gasteiger partial charge on any atom is 0.317 e. The molecule has 0 aromatic carbocycles. The molecule has 0 radical (unpaired) electrons. The maximum atomic E-state index is 8.87. The fourth-order valence-corrected chi connectivity index (χ4v) is 1.11. The first-order chi connectivity index (χ1) is 4.58. The maximum absolute atomic E-state index is 8.87. The van der Waals surface area contributed by atoms with Crippen LogP contribution in [0.3, 0.4) is 0 Å². The summed E-state index contributed by atoms with van der Waals surface area (Å²) >= 11 is 8.07. The minimum Gasteiger partial charge on any atom is -0.402 e. The Hall–Kier alpha value is -0.100. The number of hydrogen-bond donors (Lipinski definition) is 3. The highest BCUT2D eigenvalue weighted by atomic mass is 32.9. The van der Waals surface area contributed by atoms with Gasteiger partial charge >= 0.3 is 6.01 Å². The smallest absolute Gasteiger partial charge is 0.317 e. The molecule has 1 heterocycles. The fourth-order valence-electron chi connectivity index (χ4n) is 0.351. The molecular weight excluding hydrogens is 193 g/mol. The van der Waals surface area contributed by atoms with Gasteiger partial charge in [0, 0.05) is 0 Å². The number of aromatic nitrogens is 3. The summed E-state index contributed by atoms with van der Waals surface area (Å²) in [6.45, 7) is 0. The third-order valence-electron chi connectivity index (χ3n) is 0.598. The van der Waals surface area contributed by atoms with Crippen molar-refractivity contribution in [3.63, 3.8) is 0 Å². The molecule has 0 aliphatic heterocycles. The molecule has 56 valence electrons. The summed E-state index contributed by atoms with van der Waals surface area (Å²) in [5, 5.41) is 5.83. The van der Waals surface area contributed by atoms with Gasteiger partial charge in [0.2, 0.25) is 0 Å². The van der Waals surface area contributed by atoms with Crippen LogP contribution in [0, 0.1) is 0 Å². The van der Waals surface area contributed by atoms with Gasteiger partial charge in [-0.3, -0.25) is 0 Å². The van der Waals surface area contributed by atoms with Crippen LogP contribution in [-0.2, 0) is 11.8 Å². The summed E-state index contributed by atoms with van der Waals surface area (Å²) in [4.78, 5) is 12.4. The lowest BCUT2D eigenvalue weighted by Gasteiger charge is -2.05. The van der Waals surface area contributed by atoms with E-state index in [0.29, 0.717) is 0 Å². The zero-order valence-electron chi connectivity index (χ0n) is 4.63.